The summed E-state index contributed by atoms with van der Waals surface area (Å²) in [5.41, 5.74) is 11.6. The Balaban J connectivity index is 1.75. The summed E-state index contributed by atoms with van der Waals surface area (Å²) in [6, 6.07) is 13.4. The number of rotatable bonds is 8. The van der Waals surface area contributed by atoms with Gasteiger partial charge in [-0.05, 0) is 43.2 Å². The van der Waals surface area contributed by atoms with Crippen LogP contribution in [0.4, 0.5) is 5.69 Å². The quantitative estimate of drug-likeness (QED) is 0.427. The van der Waals surface area contributed by atoms with Crippen molar-refractivity contribution in [2.75, 3.05) is 18.9 Å². The zero-order chi connectivity index (χ0) is 21.1. The number of hydrogen-bond acceptors (Lipinski definition) is 5. The smallest absolute Gasteiger partial charge is 0.196 e. The summed E-state index contributed by atoms with van der Waals surface area (Å²) in [7, 11) is 0. The van der Waals surface area contributed by atoms with Crippen LogP contribution in [0, 0.1) is 0 Å². The molecular weight excluding hydrogens is 376 g/mol. The number of aromatic nitrogens is 1. The molecule has 1 aliphatic rings. The van der Waals surface area contributed by atoms with Crippen molar-refractivity contribution in [2.45, 2.75) is 33.1 Å². The van der Waals surface area contributed by atoms with Crippen molar-refractivity contribution < 1.29 is 14.3 Å². The van der Waals surface area contributed by atoms with Gasteiger partial charge in [-0.2, -0.15) is 0 Å². The second-order valence-electron chi connectivity index (χ2n) is 7.31. The summed E-state index contributed by atoms with van der Waals surface area (Å²) in [5, 5.41) is 0. The van der Waals surface area contributed by atoms with Gasteiger partial charge in [0, 0.05) is 40.7 Å². The van der Waals surface area contributed by atoms with E-state index in [0.29, 0.717) is 47.9 Å². The molecule has 1 aromatic heterocycles. The number of carbonyl (C=O) groups excluding carboxylic acids is 1. The van der Waals surface area contributed by atoms with Crippen molar-refractivity contribution in [3.63, 3.8) is 0 Å². The Morgan fingerprint density at radius 2 is 1.80 bits per heavy atom. The zero-order valence-electron chi connectivity index (χ0n) is 17.4. The predicted octanol–water partition coefficient (Wildman–Crippen LogP) is 4.85. The highest BCUT2D eigenvalue weighted by Gasteiger charge is 2.35. The van der Waals surface area contributed by atoms with Crippen molar-refractivity contribution in [2.24, 2.45) is 0 Å². The van der Waals surface area contributed by atoms with Gasteiger partial charge in [-0.15, -0.1) is 0 Å². The summed E-state index contributed by atoms with van der Waals surface area (Å²) < 4.78 is 12.1. The van der Waals surface area contributed by atoms with Crippen LogP contribution in [0.5, 0.6) is 11.5 Å². The average molecular weight is 402 g/mol. The first-order chi connectivity index (χ1) is 14.7. The van der Waals surface area contributed by atoms with Gasteiger partial charge >= 0.3 is 0 Å². The van der Waals surface area contributed by atoms with Gasteiger partial charge in [-0.25, -0.2) is 0 Å². The fourth-order valence-corrected chi connectivity index (χ4v) is 4.00. The van der Waals surface area contributed by atoms with Crippen LogP contribution in [-0.4, -0.2) is 24.0 Å². The van der Waals surface area contributed by atoms with Crippen LogP contribution in [-0.2, 0) is 12.8 Å². The molecule has 2 N–H and O–H groups in total. The molecule has 0 bridgehead atoms. The Bertz CT molecular complexity index is 1080. The third-order valence-corrected chi connectivity index (χ3v) is 5.33. The molecule has 154 valence electrons. The molecule has 0 amide bonds. The molecule has 5 nitrogen and oxygen atoms in total. The van der Waals surface area contributed by atoms with Crippen LogP contribution >= 0.6 is 0 Å². The van der Waals surface area contributed by atoms with E-state index < -0.39 is 0 Å². The number of fused-ring (bicyclic) bond motifs is 3. The Kier molecular flexibility index (Phi) is 5.70. The average Bonchev–Trinajstić information content (AvgIpc) is 3.06. The van der Waals surface area contributed by atoms with E-state index in [0.717, 1.165) is 35.2 Å². The second-order valence-corrected chi connectivity index (χ2v) is 7.31. The van der Waals surface area contributed by atoms with Crippen LogP contribution in [0.15, 0.2) is 48.7 Å². The van der Waals surface area contributed by atoms with E-state index >= 15 is 0 Å². The number of aryl methyl sites for hydroxylation is 1. The first-order valence-corrected chi connectivity index (χ1v) is 10.4. The normalized spacial score (nSPS) is 11.9. The summed E-state index contributed by atoms with van der Waals surface area (Å²) in [5.74, 6) is 1.30. The van der Waals surface area contributed by atoms with E-state index in [1.54, 1.807) is 6.20 Å². The number of carbonyl (C=O) groups is 1. The molecule has 1 heterocycles. The summed E-state index contributed by atoms with van der Waals surface area (Å²) in [6.07, 6.45) is 4.20. The number of ether oxygens (including phenoxy) is 2. The lowest BCUT2D eigenvalue weighted by Gasteiger charge is -2.17. The van der Waals surface area contributed by atoms with E-state index in [9.17, 15) is 4.79 Å². The Hall–Kier alpha value is -3.34. The Morgan fingerprint density at radius 3 is 2.53 bits per heavy atom. The number of ketones is 1. The molecule has 3 aromatic rings. The number of benzene rings is 2. The predicted molar refractivity (Wildman–Crippen MR) is 118 cm³/mol. The van der Waals surface area contributed by atoms with Crippen LogP contribution < -0.4 is 15.2 Å². The van der Waals surface area contributed by atoms with Gasteiger partial charge in [0.15, 0.2) is 5.78 Å². The summed E-state index contributed by atoms with van der Waals surface area (Å²) in [6.45, 7) is 5.00. The molecule has 30 heavy (non-hydrogen) atoms. The fraction of sp³-hybridized carbons (Fsp3) is 0.280. The highest BCUT2D eigenvalue weighted by atomic mass is 16.5. The first-order valence-electron chi connectivity index (χ1n) is 10.4. The molecule has 5 heteroatoms. The molecular formula is C25H26N2O3. The van der Waals surface area contributed by atoms with Gasteiger partial charge in [-0.3, -0.25) is 9.78 Å². The number of anilines is 1. The van der Waals surface area contributed by atoms with E-state index in [-0.39, 0.29) is 5.78 Å². The third-order valence-electron chi connectivity index (χ3n) is 5.33. The monoisotopic (exact) mass is 402 g/mol. The Labute approximate surface area is 176 Å². The molecule has 2 aromatic carbocycles. The maximum absolute atomic E-state index is 13.3. The van der Waals surface area contributed by atoms with Crippen molar-refractivity contribution >= 4 is 11.5 Å². The lowest BCUT2D eigenvalue weighted by molar-refractivity contribution is 0.104. The van der Waals surface area contributed by atoms with E-state index in [1.165, 1.54) is 0 Å². The molecule has 0 fully saturated rings. The number of nitrogens with zero attached hydrogens (tertiary/aromatic N) is 1. The van der Waals surface area contributed by atoms with Gasteiger partial charge in [0.2, 0.25) is 0 Å². The number of hydrogen-bond donors (Lipinski definition) is 1. The number of nitrogens with two attached hydrogens (primary N) is 1. The highest BCUT2D eigenvalue weighted by molar-refractivity contribution is 6.26. The van der Waals surface area contributed by atoms with E-state index in [1.807, 2.05) is 49.4 Å². The molecule has 0 unspecified atom stereocenters. The SMILES string of the molecule is CCCc1cc(OCC)c2c(c1N)C(=O)c1cccc(OCCc3ccccn3)c1-2. The van der Waals surface area contributed by atoms with Crippen molar-refractivity contribution in [3.05, 3.63) is 71.0 Å². The minimum Gasteiger partial charge on any atom is -0.493 e. The minimum absolute atomic E-state index is 0.0633. The van der Waals surface area contributed by atoms with Crippen LogP contribution in [0.3, 0.4) is 0 Å². The fourth-order valence-electron chi connectivity index (χ4n) is 4.00. The maximum atomic E-state index is 13.3. The van der Waals surface area contributed by atoms with Gasteiger partial charge in [-0.1, -0.05) is 31.5 Å². The summed E-state index contributed by atoms with van der Waals surface area (Å²) >= 11 is 0. The highest BCUT2D eigenvalue weighted by Crippen LogP contribution is 2.50. The molecule has 0 aliphatic heterocycles. The Morgan fingerprint density at radius 1 is 0.933 bits per heavy atom. The molecule has 0 atom stereocenters. The first kappa shape index (κ1) is 20.0. The second kappa shape index (κ2) is 8.57. The lowest BCUT2D eigenvalue weighted by atomic mass is 9.96. The minimum atomic E-state index is -0.0633. The molecule has 0 saturated heterocycles. The van der Waals surface area contributed by atoms with E-state index in [2.05, 4.69) is 11.9 Å². The topological polar surface area (TPSA) is 74.4 Å². The lowest BCUT2D eigenvalue weighted by Crippen LogP contribution is -2.06. The van der Waals surface area contributed by atoms with Gasteiger partial charge in [0.25, 0.3) is 0 Å². The van der Waals surface area contributed by atoms with Gasteiger partial charge in [0.05, 0.1) is 18.8 Å². The largest absolute Gasteiger partial charge is 0.493 e. The third kappa shape index (κ3) is 3.52. The van der Waals surface area contributed by atoms with E-state index in [4.69, 9.17) is 15.2 Å². The molecule has 0 spiro atoms. The van der Waals surface area contributed by atoms with Gasteiger partial charge < -0.3 is 15.2 Å². The molecule has 4 rings (SSSR count). The van der Waals surface area contributed by atoms with Crippen LogP contribution in [0.2, 0.25) is 0 Å². The van der Waals surface area contributed by atoms with Crippen molar-refractivity contribution in [1.29, 1.82) is 0 Å². The molecule has 0 radical (unpaired) electrons. The van der Waals surface area contributed by atoms with Crippen LogP contribution in [0.25, 0.3) is 11.1 Å². The maximum Gasteiger partial charge on any atom is 0.196 e. The van der Waals surface area contributed by atoms with Gasteiger partial charge in [0.1, 0.15) is 11.5 Å². The standard InChI is InChI=1S/C25H26N2O3/c1-3-8-16-15-20(29-4-2)22-21-18(25(28)23(22)24(16)26)10-7-11-19(21)30-14-12-17-9-5-6-13-27-17/h5-7,9-11,13,15H,3-4,8,12,14,26H2,1-2H3. The summed E-state index contributed by atoms with van der Waals surface area (Å²) in [4.78, 5) is 17.6. The zero-order valence-corrected chi connectivity index (χ0v) is 17.4. The number of pyridine rings is 1. The molecule has 1 aliphatic carbocycles. The van der Waals surface area contributed by atoms with Crippen LogP contribution in [0.1, 0.15) is 47.4 Å². The number of nitrogen functional groups attached to an aromatic ring is 1. The molecule has 0 saturated carbocycles. The van der Waals surface area contributed by atoms with Crippen molar-refractivity contribution in [1.82, 2.24) is 4.98 Å². The van der Waals surface area contributed by atoms with Crippen molar-refractivity contribution in [3.8, 4) is 22.6 Å².